The average Bonchev–Trinajstić information content (AvgIpc) is 3.01. The monoisotopic (exact) mass is 453 g/mol. The van der Waals surface area contributed by atoms with Gasteiger partial charge in [-0.05, 0) is 66.2 Å². The number of carbonyl (C=O) groups is 3. The molecule has 4 amide bonds. The lowest BCUT2D eigenvalue weighted by Crippen LogP contribution is -2.37. The molecule has 9 heteroatoms. The van der Waals surface area contributed by atoms with E-state index < -0.39 is 41.3 Å². The number of amides is 4. The van der Waals surface area contributed by atoms with E-state index in [1.54, 1.807) is 0 Å². The highest BCUT2D eigenvalue weighted by Crippen LogP contribution is 2.29. The molecule has 1 fully saturated rings. The van der Waals surface area contributed by atoms with Gasteiger partial charge in [-0.25, -0.2) is 22.9 Å². The summed E-state index contributed by atoms with van der Waals surface area (Å²) >= 11 is 0. The van der Waals surface area contributed by atoms with Gasteiger partial charge in [0.15, 0.2) is 0 Å². The summed E-state index contributed by atoms with van der Waals surface area (Å²) in [5.74, 6) is -2.66. The van der Waals surface area contributed by atoms with Gasteiger partial charge in [0.1, 0.15) is 23.5 Å². The van der Waals surface area contributed by atoms with Gasteiger partial charge < -0.3 is 10.2 Å². The molecule has 1 aliphatic heterocycles. The number of nitrogens with zero attached hydrogens (tertiary/aromatic N) is 2. The van der Waals surface area contributed by atoms with Crippen molar-refractivity contribution >= 4 is 29.2 Å². The minimum Gasteiger partial charge on any atom is -0.326 e. The van der Waals surface area contributed by atoms with Crippen molar-refractivity contribution in [3.8, 4) is 0 Å². The lowest BCUT2D eigenvalue weighted by molar-refractivity contribution is -0.124. The van der Waals surface area contributed by atoms with Gasteiger partial charge in [0.25, 0.3) is 5.91 Å². The Morgan fingerprint density at radius 3 is 1.88 bits per heavy atom. The van der Waals surface area contributed by atoms with Crippen LogP contribution in [-0.4, -0.2) is 28.8 Å². The minimum atomic E-state index is -1.15. The maximum absolute atomic E-state index is 13.3. The third kappa shape index (κ3) is 4.87. The molecular weight excluding hydrogens is 435 g/mol. The largest absolute Gasteiger partial charge is 0.332 e. The second kappa shape index (κ2) is 9.15. The van der Waals surface area contributed by atoms with Crippen LogP contribution in [0, 0.1) is 17.5 Å². The fourth-order valence-corrected chi connectivity index (χ4v) is 3.55. The van der Waals surface area contributed by atoms with Crippen molar-refractivity contribution in [2.75, 3.05) is 10.2 Å². The Labute approximate surface area is 187 Å². The maximum atomic E-state index is 13.3. The summed E-state index contributed by atoms with van der Waals surface area (Å²) < 4.78 is 39.7. The number of nitrogens with one attached hydrogen (secondary N) is 1. The Morgan fingerprint density at radius 1 is 0.788 bits per heavy atom. The molecule has 1 atom stereocenters. The van der Waals surface area contributed by atoms with Gasteiger partial charge in [-0.3, -0.25) is 9.59 Å². The average molecular weight is 453 g/mol. The van der Waals surface area contributed by atoms with Gasteiger partial charge in [-0.1, -0.05) is 12.1 Å². The molecule has 168 valence electrons. The predicted molar refractivity (Wildman–Crippen MR) is 115 cm³/mol. The molecule has 33 heavy (non-hydrogen) atoms. The Hall–Kier alpha value is -4.14. The van der Waals surface area contributed by atoms with E-state index in [2.05, 4.69) is 5.32 Å². The van der Waals surface area contributed by atoms with Crippen molar-refractivity contribution in [3.63, 3.8) is 0 Å². The quantitative estimate of drug-likeness (QED) is 0.560. The Morgan fingerprint density at radius 2 is 1.30 bits per heavy atom. The van der Waals surface area contributed by atoms with Crippen LogP contribution < -0.4 is 10.2 Å². The molecule has 3 aromatic carbocycles. The summed E-state index contributed by atoms with van der Waals surface area (Å²) in [5.41, 5.74) is 1.05. The van der Waals surface area contributed by atoms with Crippen LogP contribution in [0.15, 0.2) is 72.8 Å². The van der Waals surface area contributed by atoms with Crippen LogP contribution in [0.5, 0.6) is 0 Å². The first-order chi connectivity index (χ1) is 15.8. The van der Waals surface area contributed by atoms with Crippen LogP contribution in [0.4, 0.5) is 29.3 Å². The molecule has 1 aliphatic rings. The molecule has 3 aromatic rings. The number of benzene rings is 3. The smallest absolute Gasteiger partial charge is 0.326 e. The van der Waals surface area contributed by atoms with Crippen molar-refractivity contribution in [1.82, 2.24) is 4.90 Å². The number of anilines is 2. The molecule has 0 aliphatic carbocycles. The molecule has 0 aromatic heterocycles. The van der Waals surface area contributed by atoms with E-state index in [0.717, 1.165) is 17.0 Å². The summed E-state index contributed by atoms with van der Waals surface area (Å²) in [6, 6.07) is 13.5. The van der Waals surface area contributed by atoms with Gasteiger partial charge >= 0.3 is 6.03 Å². The minimum absolute atomic E-state index is 0.0446. The topological polar surface area (TPSA) is 69.7 Å². The molecular formula is C24H18F3N3O3. The Bertz CT molecular complexity index is 1180. The zero-order valence-corrected chi connectivity index (χ0v) is 17.2. The number of halogens is 3. The van der Waals surface area contributed by atoms with Crippen molar-refractivity contribution in [2.24, 2.45) is 0 Å². The van der Waals surface area contributed by atoms with Crippen molar-refractivity contribution in [3.05, 3.63) is 95.8 Å². The molecule has 0 spiro atoms. The van der Waals surface area contributed by atoms with E-state index in [0.29, 0.717) is 11.3 Å². The number of hydrogen-bond donors (Lipinski definition) is 1. The first kappa shape index (κ1) is 22.1. The highest BCUT2D eigenvalue weighted by molar-refractivity contribution is 6.22. The summed E-state index contributed by atoms with van der Waals surface area (Å²) in [6.07, 6.45) is -0.360. The highest BCUT2D eigenvalue weighted by Gasteiger charge is 2.46. The zero-order valence-electron chi connectivity index (χ0n) is 17.2. The third-order valence-corrected chi connectivity index (χ3v) is 5.18. The normalized spacial score (nSPS) is 15.8. The molecule has 0 bridgehead atoms. The molecule has 6 nitrogen and oxygen atoms in total. The van der Waals surface area contributed by atoms with Crippen molar-refractivity contribution < 1.29 is 27.6 Å². The lowest BCUT2D eigenvalue weighted by Gasteiger charge is -2.21. The molecule has 1 heterocycles. The second-order valence-electron chi connectivity index (χ2n) is 7.46. The number of rotatable bonds is 6. The molecule has 1 saturated heterocycles. The van der Waals surface area contributed by atoms with E-state index in [1.807, 2.05) is 0 Å². The van der Waals surface area contributed by atoms with Crippen LogP contribution in [0.25, 0.3) is 0 Å². The van der Waals surface area contributed by atoms with Gasteiger partial charge in [0.2, 0.25) is 5.91 Å². The van der Waals surface area contributed by atoms with Crippen LogP contribution in [0.3, 0.4) is 0 Å². The standard InChI is InChI=1S/C24H18F3N3O3/c25-16-3-1-15(2-4-16)14-29-21(13-22(31)28-19-9-5-17(26)6-10-19)23(32)30(24(29)33)20-11-7-18(27)8-12-20/h1-12,21H,13-14H2,(H,28,31)/t21-/m0/s1. The fourth-order valence-electron chi connectivity index (χ4n) is 3.55. The van der Waals surface area contributed by atoms with Crippen LogP contribution >= 0.6 is 0 Å². The van der Waals surface area contributed by atoms with Crippen molar-refractivity contribution in [2.45, 2.75) is 19.0 Å². The number of hydrogen-bond acceptors (Lipinski definition) is 3. The summed E-state index contributed by atoms with van der Waals surface area (Å²) in [4.78, 5) is 41.0. The van der Waals surface area contributed by atoms with Crippen LogP contribution in [0.1, 0.15) is 12.0 Å². The van der Waals surface area contributed by atoms with E-state index in [4.69, 9.17) is 0 Å². The van der Waals surface area contributed by atoms with Crippen LogP contribution in [0.2, 0.25) is 0 Å². The third-order valence-electron chi connectivity index (χ3n) is 5.18. The van der Waals surface area contributed by atoms with Gasteiger partial charge in [0.05, 0.1) is 12.1 Å². The van der Waals surface area contributed by atoms with Gasteiger partial charge in [-0.2, -0.15) is 0 Å². The zero-order chi connectivity index (χ0) is 23.5. The molecule has 0 radical (unpaired) electrons. The van der Waals surface area contributed by atoms with E-state index in [1.165, 1.54) is 65.6 Å². The number of carbonyl (C=O) groups excluding carboxylic acids is 3. The Balaban J connectivity index is 1.59. The van der Waals surface area contributed by atoms with Gasteiger partial charge in [0, 0.05) is 12.2 Å². The fraction of sp³-hybridized carbons (Fsp3) is 0.125. The number of urea groups is 1. The van der Waals surface area contributed by atoms with E-state index >= 15 is 0 Å². The van der Waals surface area contributed by atoms with Crippen LogP contribution in [-0.2, 0) is 16.1 Å². The highest BCUT2D eigenvalue weighted by atomic mass is 19.1. The SMILES string of the molecule is O=C(C[C@H]1C(=O)N(c2ccc(F)cc2)C(=O)N1Cc1ccc(F)cc1)Nc1ccc(F)cc1. The first-order valence-corrected chi connectivity index (χ1v) is 10.0. The summed E-state index contributed by atoms with van der Waals surface area (Å²) in [5, 5.41) is 2.57. The maximum Gasteiger partial charge on any atom is 0.332 e. The van der Waals surface area contributed by atoms with Gasteiger partial charge in [-0.15, -0.1) is 0 Å². The van der Waals surface area contributed by atoms with E-state index in [-0.39, 0.29) is 18.7 Å². The summed E-state index contributed by atoms with van der Waals surface area (Å²) in [7, 11) is 0. The molecule has 0 saturated carbocycles. The summed E-state index contributed by atoms with van der Waals surface area (Å²) in [6.45, 7) is -0.0446. The predicted octanol–water partition coefficient (Wildman–Crippen LogP) is 4.47. The molecule has 0 unspecified atom stereocenters. The number of imide groups is 1. The lowest BCUT2D eigenvalue weighted by atomic mass is 10.1. The molecule has 1 N–H and O–H groups in total. The van der Waals surface area contributed by atoms with Crippen molar-refractivity contribution in [1.29, 1.82) is 0 Å². The molecule has 4 rings (SSSR count). The Kier molecular flexibility index (Phi) is 6.12. The second-order valence-corrected chi connectivity index (χ2v) is 7.46. The first-order valence-electron chi connectivity index (χ1n) is 10.0. The van der Waals surface area contributed by atoms with E-state index in [9.17, 15) is 27.6 Å².